The van der Waals surface area contributed by atoms with Gasteiger partial charge in [-0.1, -0.05) is 18.2 Å². The number of nitrogens with zero attached hydrogens (tertiary/aromatic N) is 1. The van der Waals surface area contributed by atoms with E-state index in [1.54, 1.807) is 6.26 Å². The molecule has 0 radical (unpaired) electrons. The first-order chi connectivity index (χ1) is 12.7. The SMILES string of the molecule is COC(=O)C1=CO[C@@H](C)[C@H]2C[N+]3=CCc4c([nH]c5ccccc45)[C@@H]3C[C@H]12. The van der Waals surface area contributed by atoms with E-state index in [0.29, 0.717) is 11.5 Å². The lowest BCUT2D eigenvalue weighted by molar-refractivity contribution is -0.595. The van der Waals surface area contributed by atoms with Gasteiger partial charge in [-0.3, -0.25) is 0 Å². The fraction of sp³-hybridized carbons (Fsp3) is 0.429. The molecule has 4 atom stereocenters. The fourth-order valence-electron chi connectivity index (χ4n) is 4.99. The highest BCUT2D eigenvalue weighted by Crippen LogP contribution is 2.45. The Morgan fingerprint density at radius 3 is 3.04 bits per heavy atom. The number of ether oxygens (including phenoxy) is 2. The highest BCUT2D eigenvalue weighted by Gasteiger charge is 2.49. The van der Waals surface area contributed by atoms with Crippen LogP contribution in [0.25, 0.3) is 10.9 Å². The number of hydrogen-bond acceptors (Lipinski definition) is 3. The van der Waals surface area contributed by atoms with Gasteiger partial charge in [0.15, 0.2) is 6.04 Å². The number of methoxy groups -OCH3 is 1. The molecule has 3 aliphatic heterocycles. The Bertz CT molecular complexity index is 955. The van der Waals surface area contributed by atoms with Gasteiger partial charge in [-0.05, 0) is 18.6 Å². The number of para-hydroxylation sites is 1. The molecule has 134 valence electrons. The molecule has 0 spiro atoms. The molecule has 1 N–H and O–H groups in total. The van der Waals surface area contributed by atoms with Gasteiger partial charge in [0.25, 0.3) is 0 Å². The minimum absolute atomic E-state index is 0.104. The van der Waals surface area contributed by atoms with E-state index < -0.39 is 0 Å². The zero-order valence-corrected chi connectivity index (χ0v) is 15.1. The molecule has 5 heteroatoms. The number of hydrogen-bond donors (Lipinski definition) is 1. The average molecular weight is 351 g/mol. The summed E-state index contributed by atoms with van der Waals surface area (Å²) in [4.78, 5) is 15.9. The lowest BCUT2D eigenvalue weighted by Crippen LogP contribution is -2.47. The van der Waals surface area contributed by atoms with Crippen LogP contribution in [0.4, 0.5) is 0 Å². The van der Waals surface area contributed by atoms with Crippen LogP contribution in [0.15, 0.2) is 36.1 Å². The summed E-state index contributed by atoms with van der Waals surface area (Å²) in [6.45, 7) is 3.00. The Morgan fingerprint density at radius 2 is 2.19 bits per heavy atom. The molecule has 0 bridgehead atoms. The zero-order chi connectivity index (χ0) is 17.8. The number of piperidine rings is 1. The van der Waals surface area contributed by atoms with Crippen molar-refractivity contribution in [2.75, 3.05) is 13.7 Å². The number of aromatic amines is 1. The van der Waals surface area contributed by atoms with Gasteiger partial charge in [-0.15, -0.1) is 0 Å². The highest BCUT2D eigenvalue weighted by molar-refractivity contribution is 5.89. The van der Waals surface area contributed by atoms with Crippen LogP contribution in [0, 0.1) is 11.8 Å². The summed E-state index contributed by atoms with van der Waals surface area (Å²) < 4.78 is 13.2. The van der Waals surface area contributed by atoms with Crippen molar-refractivity contribution < 1.29 is 18.8 Å². The Hall–Kier alpha value is -2.56. The number of rotatable bonds is 1. The first-order valence-electron chi connectivity index (χ1n) is 9.29. The zero-order valence-electron chi connectivity index (χ0n) is 15.1. The van der Waals surface area contributed by atoms with E-state index in [-0.39, 0.29) is 24.0 Å². The van der Waals surface area contributed by atoms with Crippen LogP contribution in [0.2, 0.25) is 0 Å². The monoisotopic (exact) mass is 351 g/mol. The van der Waals surface area contributed by atoms with E-state index >= 15 is 0 Å². The Morgan fingerprint density at radius 1 is 1.35 bits per heavy atom. The van der Waals surface area contributed by atoms with Crippen molar-refractivity contribution in [2.24, 2.45) is 11.8 Å². The number of carbonyl (C=O) groups excluding carboxylic acids is 1. The fourth-order valence-corrected chi connectivity index (χ4v) is 4.99. The number of H-pyrrole nitrogens is 1. The Labute approximate surface area is 152 Å². The van der Waals surface area contributed by atoms with Crippen LogP contribution in [0.1, 0.15) is 30.6 Å². The van der Waals surface area contributed by atoms with Gasteiger partial charge in [-0.25, -0.2) is 9.37 Å². The first-order valence-corrected chi connectivity index (χ1v) is 9.29. The number of benzene rings is 1. The molecule has 4 heterocycles. The van der Waals surface area contributed by atoms with Crippen molar-refractivity contribution in [3.8, 4) is 0 Å². The van der Waals surface area contributed by atoms with Gasteiger partial charge in [0, 0.05) is 23.2 Å². The summed E-state index contributed by atoms with van der Waals surface area (Å²) >= 11 is 0. The molecular weight excluding hydrogens is 328 g/mol. The molecule has 26 heavy (non-hydrogen) atoms. The van der Waals surface area contributed by atoms with Crippen LogP contribution in [-0.4, -0.2) is 41.5 Å². The molecule has 5 nitrogen and oxygen atoms in total. The molecule has 0 saturated carbocycles. The molecule has 1 aromatic carbocycles. The Kier molecular flexibility index (Phi) is 3.45. The second-order valence-electron chi connectivity index (χ2n) is 7.57. The van der Waals surface area contributed by atoms with Gasteiger partial charge in [0.1, 0.15) is 18.9 Å². The maximum Gasteiger partial charge on any atom is 0.337 e. The predicted molar refractivity (Wildman–Crippen MR) is 98.2 cm³/mol. The number of nitrogens with one attached hydrogen (secondary N) is 1. The highest BCUT2D eigenvalue weighted by atomic mass is 16.5. The van der Waals surface area contributed by atoms with Crippen LogP contribution in [0.5, 0.6) is 0 Å². The van der Waals surface area contributed by atoms with Crippen LogP contribution < -0.4 is 0 Å². The van der Waals surface area contributed by atoms with Crippen LogP contribution in [0.3, 0.4) is 0 Å². The second-order valence-corrected chi connectivity index (χ2v) is 7.57. The standard InChI is InChI=1S/C21H23N2O3/c1-12-16-10-23-8-7-14-13-5-3-4-6-18(13)22-20(14)19(23)9-15(16)17(11-26-12)21(24)25-2/h3-6,8,11-12,15-16,19,22H,7,9-10H2,1-2H3/q+1/t12-,15-,16+,19-/m0/s1. The minimum Gasteiger partial charge on any atom is -0.497 e. The molecular formula is C21H23N2O3+. The molecule has 2 aromatic rings. The molecule has 5 rings (SSSR count). The minimum atomic E-state index is -0.267. The maximum absolute atomic E-state index is 12.3. The molecule has 0 unspecified atom stereocenters. The normalized spacial score (nSPS) is 29.6. The largest absolute Gasteiger partial charge is 0.497 e. The third kappa shape index (κ3) is 2.16. The summed E-state index contributed by atoms with van der Waals surface area (Å²) in [6, 6.07) is 8.76. The summed E-state index contributed by atoms with van der Waals surface area (Å²) in [5, 5.41) is 1.31. The average Bonchev–Trinajstić information content (AvgIpc) is 3.06. The smallest absolute Gasteiger partial charge is 0.337 e. The number of esters is 1. The molecule has 0 amide bonds. The summed E-state index contributed by atoms with van der Waals surface area (Å²) in [7, 11) is 1.44. The van der Waals surface area contributed by atoms with Crippen molar-refractivity contribution >= 4 is 23.1 Å². The van der Waals surface area contributed by atoms with Gasteiger partial charge in [0.05, 0.1) is 37.0 Å². The van der Waals surface area contributed by atoms with Gasteiger partial charge in [0.2, 0.25) is 0 Å². The van der Waals surface area contributed by atoms with Crippen molar-refractivity contribution in [1.29, 1.82) is 0 Å². The van der Waals surface area contributed by atoms with E-state index in [1.165, 1.54) is 29.3 Å². The van der Waals surface area contributed by atoms with Gasteiger partial charge < -0.3 is 14.5 Å². The third-order valence-electron chi connectivity index (χ3n) is 6.36. The second kappa shape index (κ2) is 5.73. The van der Waals surface area contributed by atoms with E-state index in [1.807, 2.05) is 0 Å². The van der Waals surface area contributed by atoms with Crippen molar-refractivity contribution in [3.63, 3.8) is 0 Å². The quantitative estimate of drug-likeness (QED) is 0.635. The molecule has 1 saturated heterocycles. The van der Waals surface area contributed by atoms with Crippen molar-refractivity contribution in [1.82, 2.24) is 4.98 Å². The lowest BCUT2D eigenvalue weighted by Gasteiger charge is -2.40. The van der Waals surface area contributed by atoms with Gasteiger partial charge in [-0.2, -0.15) is 0 Å². The van der Waals surface area contributed by atoms with E-state index in [4.69, 9.17) is 9.47 Å². The van der Waals surface area contributed by atoms with Crippen LogP contribution in [-0.2, 0) is 20.7 Å². The summed E-state index contributed by atoms with van der Waals surface area (Å²) in [5.74, 6) is 0.197. The number of aromatic nitrogens is 1. The number of fused-ring (bicyclic) bond motifs is 6. The van der Waals surface area contributed by atoms with Crippen LogP contribution >= 0.6 is 0 Å². The lowest BCUT2D eigenvalue weighted by atomic mass is 9.73. The van der Waals surface area contributed by atoms with E-state index in [9.17, 15) is 4.79 Å². The third-order valence-corrected chi connectivity index (χ3v) is 6.36. The van der Waals surface area contributed by atoms with E-state index in [2.05, 4.69) is 47.0 Å². The Balaban J connectivity index is 1.57. The molecule has 3 aliphatic rings. The predicted octanol–water partition coefficient (Wildman–Crippen LogP) is 2.96. The molecule has 0 aliphatic carbocycles. The summed E-state index contributed by atoms with van der Waals surface area (Å²) in [6.07, 6.45) is 5.91. The van der Waals surface area contributed by atoms with E-state index in [0.717, 1.165) is 19.4 Å². The topological polar surface area (TPSA) is 54.3 Å². The molecule has 1 fully saturated rings. The first kappa shape index (κ1) is 15.7. The maximum atomic E-state index is 12.3. The number of carbonyl (C=O) groups is 1. The summed E-state index contributed by atoms with van der Waals surface area (Å²) in [5.41, 5.74) is 4.57. The van der Waals surface area contributed by atoms with Crippen molar-refractivity contribution in [2.45, 2.75) is 31.9 Å². The van der Waals surface area contributed by atoms with Gasteiger partial charge >= 0.3 is 5.97 Å². The molecule has 1 aromatic heterocycles. The van der Waals surface area contributed by atoms with Crippen molar-refractivity contribution in [3.05, 3.63) is 47.4 Å².